The summed E-state index contributed by atoms with van der Waals surface area (Å²) in [6.45, 7) is 1.37. The minimum Gasteiger partial charge on any atom is -0.479 e. The van der Waals surface area contributed by atoms with Gasteiger partial charge in [-0.1, -0.05) is 18.2 Å². The van der Waals surface area contributed by atoms with Crippen molar-refractivity contribution < 1.29 is 32.2 Å². The van der Waals surface area contributed by atoms with Crippen LogP contribution in [0.4, 0.5) is 13.2 Å². The van der Waals surface area contributed by atoms with Crippen LogP contribution in [-0.4, -0.2) is 27.7 Å². The maximum Gasteiger partial charge on any atom is 0.416 e. The van der Waals surface area contributed by atoms with E-state index in [1.54, 1.807) is 18.2 Å². The average Bonchev–Trinajstić information content (AvgIpc) is 3.33. The van der Waals surface area contributed by atoms with Gasteiger partial charge in [0.2, 0.25) is 0 Å². The third kappa shape index (κ3) is 4.75. The summed E-state index contributed by atoms with van der Waals surface area (Å²) >= 11 is 1.41. The van der Waals surface area contributed by atoms with Gasteiger partial charge >= 0.3 is 12.1 Å². The second kappa shape index (κ2) is 8.62. The zero-order valence-corrected chi connectivity index (χ0v) is 17.6. The van der Waals surface area contributed by atoms with Gasteiger partial charge in [-0.3, -0.25) is 0 Å². The highest BCUT2D eigenvalue weighted by Crippen LogP contribution is 2.33. The summed E-state index contributed by atoms with van der Waals surface area (Å²) in [7, 11) is 0. The Bertz CT molecular complexity index is 1260. The van der Waals surface area contributed by atoms with Crippen molar-refractivity contribution in [2.45, 2.75) is 25.9 Å². The monoisotopic (exact) mass is 462 g/mol. The average molecular weight is 462 g/mol. The number of carboxylic acid groups (broad SMARTS) is 1. The smallest absolute Gasteiger partial charge is 0.416 e. The van der Waals surface area contributed by atoms with Crippen LogP contribution in [0, 0.1) is 6.92 Å². The molecule has 0 atom stereocenters. The first-order chi connectivity index (χ1) is 15.2. The molecule has 166 valence electrons. The molecular formula is C22H17F3N2O4S. The van der Waals surface area contributed by atoms with Gasteiger partial charge in [-0.05, 0) is 37.6 Å². The van der Waals surface area contributed by atoms with Crippen LogP contribution in [-0.2, 0) is 23.8 Å². The van der Waals surface area contributed by atoms with Crippen molar-refractivity contribution in [2.24, 2.45) is 0 Å². The Balaban J connectivity index is 1.49. The van der Waals surface area contributed by atoms with E-state index in [9.17, 15) is 18.0 Å². The lowest BCUT2D eigenvalue weighted by Crippen LogP contribution is -2.09. The number of hydrogen-bond acceptors (Lipinski definition) is 6. The van der Waals surface area contributed by atoms with Gasteiger partial charge in [0.1, 0.15) is 10.8 Å². The minimum absolute atomic E-state index is 0.332. The highest BCUT2D eigenvalue weighted by atomic mass is 32.1. The third-order valence-corrected chi connectivity index (χ3v) is 5.96. The number of fused-ring (bicyclic) bond motifs is 1. The standard InChI is InChI=1S/C22H17F3N2O4S/c1-12-17(32-21(26-12)13-5-7-14(8-6-13)22(23,24)25)9-10-18-27-20-15(30-11-19(28)29)3-2-4-16(20)31-18/h2-8H,9-11H2,1H3,(H,28,29). The SMILES string of the molecule is Cc1nc(-c2ccc(C(F)(F)F)cc2)sc1CCc1nc2c(OCC(=O)O)cccc2o1. The summed E-state index contributed by atoms with van der Waals surface area (Å²) in [6, 6.07) is 9.98. The molecule has 0 fully saturated rings. The maximum atomic E-state index is 12.8. The second-order valence-electron chi connectivity index (χ2n) is 7.00. The molecule has 0 aliphatic carbocycles. The molecule has 0 saturated heterocycles. The molecule has 0 aliphatic rings. The van der Waals surface area contributed by atoms with Gasteiger partial charge in [0, 0.05) is 16.9 Å². The fourth-order valence-corrected chi connectivity index (χ4v) is 4.21. The topological polar surface area (TPSA) is 85.5 Å². The first kappa shape index (κ1) is 21.8. The molecule has 10 heteroatoms. The van der Waals surface area contributed by atoms with E-state index in [0.29, 0.717) is 46.2 Å². The van der Waals surface area contributed by atoms with E-state index in [0.717, 1.165) is 22.7 Å². The van der Waals surface area contributed by atoms with Crippen molar-refractivity contribution in [1.29, 1.82) is 0 Å². The number of thiazole rings is 1. The normalized spacial score (nSPS) is 11.8. The van der Waals surface area contributed by atoms with Crippen LogP contribution < -0.4 is 4.74 Å². The number of carboxylic acids is 1. The number of para-hydroxylation sites is 1. The maximum absolute atomic E-state index is 12.8. The van der Waals surface area contributed by atoms with E-state index in [2.05, 4.69) is 9.97 Å². The molecule has 32 heavy (non-hydrogen) atoms. The summed E-state index contributed by atoms with van der Waals surface area (Å²) in [5.74, 6) is -0.288. The molecule has 2 heterocycles. The first-order valence-corrected chi connectivity index (χ1v) is 10.4. The number of halogens is 3. The lowest BCUT2D eigenvalue weighted by molar-refractivity contribution is -0.139. The van der Waals surface area contributed by atoms with Crippen molar-refractivity contribution in [3.63, 3.8) is 0 Å². The van der Waals surface area contributed by atoms with E-state index in [-0.39, 0.29) is 0 Å². The number of nitrogens with zero attached hydrogens (tertiary/aromatic N) is 2. The van der Waals surface area contributed by atoms with Gasteiger partial charge < -0.3 is 14.3 Å². The third-order valence-electron chi connectivity index (χ3n) is 4.70. The fourth-order valence-electron chi connectivity index (χ4n) is 3.14. The number of aryl methyl sites for hydroxylation is 3. The van der Waals surface area contributed by atoms with Gasteiger partial charge in [0.15, 0.2) is 23.6 Å². The van der Waals surface area contributed by atoms with Gasteiger partial charge in [-0.2, -0.15) is 13.2 Å². The van der Waals surface area contributed by atoms with E-state index in [4.69, 9.17) is 14.3 Å². The Labute approximate surface area is 184 Å². The molecule has 4 aromatic rings. The molecule has 2 aromatic carbocycles. The molecule has 0 aliphatic heterocycles. The molecule has 1 N–H and O–H groups in total. The van der Waals surface area contributed by atoms with Crippen LogP contribution in [0.25, 0.3) is 21.7 Å². The number of aromatic nitrogens is 2. The van der Waals surface area contributed by atoms with Crippen LogP contribution in [0.3, 0.4) is 0 Å². The molecule has 2 aromatic heterocycles. The van der Waals surface area contributed by atoms with Crippen molar-refractivity contribution >= 4 is 28.4 Å². The Hall–Kier alpha value is -3.40. The highest BCUT2D eigenvalue weighted by molar-refractivity contribution is 7.15. The van der Waals surface area contributed by atoms with E-state index in [1.807, 2.05) is 6.92 Å². The molecule has 0 bridgehead atoms. The first-order valence-electron chi connectivity index (χ1n) is 9.57. The van der Waals surface area contributed by atoms with Gasteiger partial charge in [-0.15, -0.1) is 11.3 Å². The summed E-state index contributed by atoms with van der Waals surface area (Å²) < 4.78 is 49.3. The number of oxazole rings is 1. The van der Waals surface area contributed by atoms with Crippen LogP contribution in [0.15, 0.2) is 46.9 Å². The van der Waals surface area contributed by atoms with Gasteiger partial charge in [-0.25, -0.2) is 14.8 Å². The largest absolute Gasteiger partial charge is 0.479 e. The van der Waals surface area contributed by atoms with Crippen LogP contribution in [0.2, 0.25) is 0 Å². The summed E-state index contributed by atoms with van der Waals surface area (Å²) in [5, 5.41) is 9.44. The molecule has 0 spiro atoms. The zero-order chi connectivity index (χ0) is 22.9. The molecule has 6 nitrogen and oxygen atoms in total. The summed E-state index contributed by atoms with van der Waals surface area (Å²) in [4.78, 5) is 20.6. The number of aliphatic carboxylic acids is 1. The van der Waals surface area contributed by atoms with Crippen LogP contribution in [0.5, 0.6) is 5.75 Å². The summed E-state index contributed by atoms with van der Waals surface area (Å²) in [5.41, 5.74) is 1.67. The molecule has 0 unspecified atom stereocenters. The van der Waals surface area contributed by atoms with Gasteiger partial charge in [0.25, 0.3) is 0 Å². The highest BCUT2D eigenvalue weighted by Gasteiger charge is 2.30. The van der Waals surface area contributed by atoms with Crippen molar-refractivity contribution in [2.75, 3.05) is 6.61 Å². The van der Waals surface area contributed by atoms with E-state index < -0.39 is 24.3 Å². The number of ether oxygens (including phenoxy) is 1. The predicted octanol–water partition coefficient (Wildman–Crippen LogP) is 5.53. The number of carbonyl (C=O) groups is 1. The van der Waals surface area contributed by atoms with Crippen molar-refractivity contribution in [3.05, 3.63) is 64.5 Å². The predicted molar refractivity (Wildman–Crippen MR) is 112 cm³/mol. The second-order valence-corrected chi connectivity index (χ2v) is 8.08. The Kier molecular flexibility index (Phi) is 5.88. The molecule has 0 radical (unpaired) electrons. The number of rotatable bonds is 7. The zero-order valence-electron chi connectivity index (χ0n) is 16.8. The number of alkyl halides is 3. The lowest BCUT2D eigenvalue weighted by Gasteiger charge is -2.06. The van der Waals surface area contributed by atoms with E-state index >= 15 is 0 Å². The molecule has 4 rings (SSSR count). The van der Waals surface area contributed by atoms with E-state index in [1.165, 1.54) is 23.5 Å². The van der Waals surface area contributed by atoms with Crippen LogP contribution >= 0.6 is 11.3 Å². The van der Waals surface area contributed by atoms with Crippen LogP contribution in [0.1, 0.15) is 22.0 Å². The Morgan fingerprint density at radius 2 is 1.88 bits per heavy atom. The lowest BCUT2D eigenvalue weighted by atomic mass is 10.1. The number of hydrogen-bond donors (Lipinski definition) is 1. The molecule has 0 saturated carbocycles. The van der Waals surface area contributed by atoms with Gasteiger partial charge in [0.05, 0.1) is 11.3 Å². The molecule has 0 amide bonds. The number of benzene rings is 2. The van der Waals surface area contributed by atoms with Crippen molar-refractivity contribution in [1.82, 2.24) is 9.97 Å². The summed E-state index contributed by atoms with van der Waals surface area (Å²) in [6.07, 6.45) is -3.31. The quantitative estimate of drug-likeness (QED) is 0.389. The Morgan fingerprint density at radius 3 is 2.56 bits per heavy atom. The Morgan fingerprint density at radius 1 is 1.12 bits per heavy atom. The van der Waals surface area contributed by atoms with Crippen molar-refractivity contribution in [3.8, 4) is 16.3 Å². The minimum atomic E-state index is -4.37. The fraction of sp³-hybridized carbons (Fsp3) is 0.227. The molecular weight excluding hydrogens is 445 g/mol.